The summed E-state index contributed by atoms with van der Waals surface area (Å²) in [6.07, 6.45) is 1.06. The Morgan fingerprint density at radius 3 is 2.88 bits per heavy atom. The third-order valence-corrected chi connectivity index (χ3v) is 3.96. The van der Waals surface area contributed by atoms with E-state index in [4.69, 9.17) is 0 Å². The van der Waals surface area contributed by atoms with Gasteiger partial charge in [0.1, 0.15) is 0 Å². The smallest absolute Gasteiger partial charge is 0.264 e. The summed E-state index contributed by atoms with van der Waals surface area (Å²) in [6, 6.07) is 2.36. The molecule has 1 amide bonds. The van der Waals surface area contributed by atoms with Gasteiger partial charge in [-0.3, -0.25) is 4.79 Å². The molecule has 1 aliphatic heterocycles. The van der Waals surface area contributed by atoms with Crippen molar-refractivity contribution in [1.82, 2.24) is 10.2 Å². The normalized spacial score (nSPS) is 19.2. The van der Waals surface area contributed by atoms with Crippen molar-refractivity contribution in [2.24, 2.45) is 0 Å². The standard InChI is InChI=1S/C11H16N2OS.ClH/c1-8-4-6-15-10(8)11(14)13(2)9-3-5-12-7-9;/h4,6,9,12H,3,5,7H2,1-2H3;1H. The SMILES string of the molecule is Cc1ccsc1C(=O)N(C)C1CCNC1.Cl. The Balaban J connectivity index is 0.00000128. The average molecular weight is 261 g/mol. The molecule has 16 heavy (non-hydrogen) atoms. The lowest BCUT2D eigenvalue weighted by Gasteiger charge is -2.23. The van der Waals surface area contributed by atoms with E-state index in [0.717, 1.165) is 30.0 Å². The van der Waals surface area contributed by atoms with Crippen LogP contribution in [0.15, 0.2) is 11.4 Å². The van der Waals surface area contributed by atoms with Crippen LogP contribution >= 0.6 is 23.7 Å². The van der Waals surface area contributed by atoms with Gasteiger partial charge in [0.05, 0.1) is 4.88 Å². The number of amides is 1. The summed E-state index contributed by atoms with van der Waals surface area (Å²) in [4.78, 5) is 14.9. The first kappa shape index (κ1) is 13.5. The molecule has 1 aromatic rings. The summed E-state index contributed by atoms with van der Waals surface area (Å²) in [6.45, 7) is 3.93. The summed E-state index contributed by atoms with van der Waals surface area (Å²) >= 11 is 1.53. The van der Waals surface area contributed by atoms with Gasteiger partial charge in [-0.2, -0.15) is 0 Å². The molecule has 0 aliphatic carbocycles. The van der Waals surface area contributed by atoms with E-state index < -0.39 is 0 Å². The van der Waals surface area contributed by atoms with Gasteiger partial charge < -0.3 is 10.2 Å². The average Bonchev–Trinajstić information content (AvgIpc) is 2.85. The van der Waals surface area contributed by atoms with Gasteiger partial charge in [-0.25, -0.2) is 0 Å². The molecule has 3 nitrogen and oxygen atoms in total. The molecule has 0 saturated carbocycles. The number of carbonyl (C=O) groups is 1. The van der Waals surface area contributed by atoms with E-state index in [0.29, 0.717) is 6.04 Å². The fraction of sp³-hybridized carbons (Fsp3) is 0.545. The van der Waals surface area contributed by atoms with Crippen LogP contribution in [0.4, 0.5) is 0 Å². The summed E-state index contributed by atoms with van der Waals surface area (Å²) in [7, 11) is 1.90. The molecule has 1 fully saturated rings. The van der Waals surface area contributed by atoms with Crippen LogP contribution < -0.4 is 5.32 Å². The third-order valence-electron chi connectivity index (χ3n) is 2.96. The summed E-state index contributed by atoms with van der Waals surface area (Å²) in [5, 5.41) is 5.25. The minimum absolute atomic E-state index is 0. The Labute approximate surface area is 106 Å². The van der Waals surface area contributed by atoms with E-state index in [9.17, 15) is 4.79 Å². The number of nitrogens with one attached hydrogen (secondary N) is 1. The van der Waals surface area contributed by atoms with E-state index >= 15 is 0 Å². The van der Waals surface area contributed by atoms with Crippen molar-refractivity contribution in [3.05, 3.63) is 21.9 Å². The molecule has 1 aliphatic rings. The van der Waals surface area contributed by atoms with E-state index in [2.05, 4.69) is 5.32 Å². The maximum atomic E-state index is 12.1. The number of hydrogen-bond donors (Lipinski definition) is 1. The van der Waals surface area contributed by atoms with Crippen LogP contribution in [-0.4, -0.2) is 37.0 Å². The Morgan fingerprint density at radius 1 is 1.62 bits per heavy atom. The Bertz CT molecular complexity index is 361. The second-order valence-electron chi connectivity index (χ2n) is 4.00. The molecule has 1 atom stereocenters. The minimum Gasteiger partial charge on any atom is -0.337 e. The number of halogens is 1. The molecule has 2 heterocycles. The number of carbonyl (C=O) groups excluding carboxylic acids is 1. The zero-order valence-corrected chi connectivity index (χ0v) is 11.2. The molecule has 0 spiro atoms. The van der Waals surface area contributed by atoms with Gasteiger partial charge in [0.2, 0.25) is 0 Å². The predicted octanol–water partition coefficient (Wildman–Crippen LogP) is 1.91. The number of thiophene rings is 1. The maximum Gasteiger partial charge on any atom is 0.264 e. The molecule has 5 heteroatoms. The Kier molecular flexibility index (Phi) is 4.77. The Hall–Kier alpha value is -0.580. The molecule has 1 unspecified atom stereocenters. The Morgan fingerprint density at radius 2 is 2.38 bits per heavy atom. The third kappa shape index (κ3) is 2.56. The van der Waals surface area contributed by atoms with Crippen LogP contribution in [0.1, 0.15) is 21.7 Å². The highest BCUT2D eigenvalue weighted by Gasteiger charge is 2.25. The van der Waals surface area contributed by atoms with Gasteiger partial charge in [0, 0.05) is 19.6 Å². The molecule has 1 saturated heterocycles. The van der Waals surface area contributed by atoms with Crippen molar-refractivity contribution in [3.63, 3.8) is 0 Å². The summed E-state index contributed by atoms with van der Waals surface area (Å²) < 4.78 is 0. The van der Waals surface area contributed by atoms with Gasteiger partial charge in [-0.05, 0) is 36.9 Å². The first-order valence-electron chi connectivity index (χ1n) is 5.22. The molecule has 90 valence electrons. The number of rotatable bonds is 2. The van der Waals surface area contributed by atoms with Crippen molar-refractivity contribution in [1.29, 1.82) is 0 Å². The first-order valence-corrected chi connectivity index (χ1v) is 6.10. The van der Waals surface area contributed by atoms with Crippen LogP contribution in [0.3, 0.4) is 0 Å². The van der Waals surface area contributed by atoms with Gasteiger partial charge in [0.25, 0.3) is 5.91 Å². The second-order valence-corrected chi connectivity index (χ2v) is 4.91. The van der Waals surface area contributed by atoms with Gasteiger partial charge >= 0.3 is 0 Å². The quantitative estimate of drug-likeness (QED) is 0.881. The van der Waals surface area contributed by atoms with Crippen molar-refractivity contribution in [2.45, 2.75) is 19.4 Å². The lowest BCUT2D eigenvalue weighted by atomic mass is 10.2. The van der Waals surface area contributed by atoms with E-state index in [1.807, 2.05) is 30.3 Å². The van der Waals surface area contributed by atoms with E-state index in [1.165, 1.54) is 11.3 Å². The number of aryl methyl sites for hydroxylation is 1. The molecule has 0 radical (unpaired) electrons. The molecule has 0 bridgehead atoms. The van der Waals surface area contributed by atoms with Gasteiger partial charge in [-0.1, -0.05) is 0 Å². The van der Waals surface area contributed by atoms with Crippen molar-refractivity contribution in [2.75, 3.05) is 20.1 Å². The highest BCUT2D eigenvalue weighted by molar-refractivity contribution is 7.12. The summed E-state index contributed by atoms with van der Waals surface area (Å²) in [5.41, 5.74) is 1.09. The van der Waals surface area contributed by atoms with Crippen molar-refractivity contribution in [3.8, 4) is 0 Å². The maximum absolute atomic E-state index is 12.1. The van der Waals surface area contributed by atoms with Crippen molar-refractivity contribution >= 4 is 29.7 Å². The fourth-order valence-corrected chi connectivity index (χ4v) is 2.79. The molecule has 1 aromatic heterocycles. The van der Waals surface area contributed by atoms with Crippen LogP contribution in [0.2, 0.25) is 0 Å². The minimum atomic E-state index is 0. The van der Waals surface area contributed by atoms with Crippen LogP contribution in [-0.2, 0) is 0 Å². The largest absolute Gasteiger partial charge is 0.337 e. The summed E-state index contributed by atoms with van der Waals surface area (Å²) in [5.74, 6) is 0.163. The molecule has 2 rings (SSSR count). The highest BCUT2D eigenvalue weighted by Crippen LogP contribution is 2.19. The number of hydrogen-bond acceptors (Lipinski definition) is 3. The van der Waals surface area contributed by atoms with Crippen LogP contribution in [0, 0.1) is 6.92 Å². The second kappa shape index (κ2) is 5.66. The van der Waals surface area contributed by atoms with E-state index in [-0.39, 0.29) is 18.3 Å². The monoisotopic (exact) mass is 260 g/mol. The van der Waals surface area contributed by atoms with Gasteiger partial charge in [-0.15, -0.1) is 23.7 Å². The lowest BCUT2D eigenvalue weighted by Crippen LogP contribution is -2.38. The lowest BCUT2D eigenvalue weighted by molar-refractivity contribution is 0.0748. The number of likely N-dealkylation sites (N-methyl/N-ethyl adjacent to an activating group) is 1. The van der Waals surface area contributed by atoms with E-state index in [1.54, 1.807) is 0 Å². The highest BCUT2D eigenvalue weighted by atomic mass is 35.5. The molecular formula is C11H17ClN2OS. The van der Waals surface area contributed by atoms with Crippen LogP contribution in [0.5, 0.6) is 0 Å². The van der Waals surface area contributed by atoms with Crippen LogP contribution in [0.25, 0.3) is 0 Å². The van der Waals surface area contributed by atoms with Crippen molar-refractivity contribution < 1.29 is 4.79 Å². The number of nitrogens with zero attached hydrogens (tertiary/aromatic N) is 1. The molecular weight excluding hydrogens is 244 g/mol. The molecule has 0 aromatic carbocycles. The predicted molar refractivity (Wildman–Crippen MR) is 69.7 cm³/mol. The fourth-order valence-electron chi connectivity index (χ4n) is 1.89. The first-order chi connectivity index (χ1) is 7.20. The zero-order valence-electron chi connectivity index (χ0n) is 9.53. The van der Waals surface area contributed by atoms with Gasteiger partial charge in [0.15, 0.2) is 0 Å². The molecule has 1 N–H and O–H groups in total. The topological polar surface area (TPSA) is 32.3 Å². The zero-order chi connectivity index (χ0) is 10.8.